The van der Waals surface area contributed by atoms with E-state index in [4.69, 9.17) is 9.41 Å². The maximum Gasteiger partial charge on any atom is 0.234 e. The molecule has 158 valence electrons. The minimum atomic E-state index is 0.0941. The molecule has 1 aliphatic rings. The number of carbonyl (C=O) groups is 1. The predicted molar refractivity (Wildman–Crippen MR) is 117 cm³/mol. The lowest BCUT2D eigenvalue weighted by atomic mass is 10.3. The second kappa shape index (κ2) is 11.0. The lowest BCUT2D eigenvalue weighted by Crippen LogP contribution is -2.54. The van der Waals surface area contributed by atoms with Gasteiger partial charge in [-0.2, -0.15) is 0 Å². The maximum absolute atomic E-state index is 12.0. The highest BCUT2D eigenvalue weighted by Gasteiger charge is 2.21. The first kappa shape index (κ1) is 21.4. The number of rotatable bonds is 8. The number of hydrogen-bond acceptors (Lipinski definition) is 5. The molecule has 0 radical (unpaired) electrons. The number of thiophene rings is 1. The molecule has 2 N–H and O–H groups in total. The fourth-order valence-corrected chi connectivity index (χ4v) is 3.89. The quantitative estimate of drug-likeness (QED) is 0.509. The van der Waals surface area contributed by atoms with E-state index < -0.39 is 0 Å². The summed E-state index contributed by atoms with van der Waals surface area (Å²) in [6, 6.07) is 8.25. The molecular formula is C21H31N5O2S. The predicted octanol–water partition coefficient (Wildman–Crippen LogP) is 2.17. The Balaban J connectivity index is 1.53. The van der Waals surface area contributed by atoms with Crippen molar-refractivity contribution in [3.05, 3.63) is 46.5 Å². The van der Waals surface area contributed by atoms with Crippen LogP contribution in [-0.4, -0.2) is 67.0 Å². The van der Waals surface area contributed by atoms with E-state index in [2.05, 4.69) is 37.9 Å². The van der Waals surface area contributed by atoms with Crippen molar-refractivity contribution < 1.29 is 9.21 Å². The summed E-state index contributed by atoms with van der Waals surface area (Å²) in [7, 11) is 0. The van der Waals surface area contributed by atoms with Crippen LogP contribution in [0.1, 0.15) is 24.5 Å². The number of nitrogens with one attached hydrogen (secondary N) is 2. The van der Waals surface area contributed by atoms with Crippen LogP contribution in [0.5, 0.6) is 0 Å². The van der Waals surface area contributed by atoms with Gasteiger partial charge in [0.1, 0.15) is 5.76 Å². The van der Waals surface area contributed by atoms with Gasteiger partial charge in [-0.25, -0.2) is 4.99 Å². The van der Waals surface area contributed by atoms with Crippen LogP contribution in [0.2, 0.25) is 0 Å². The van der Waals surface area contributed by atoms with Gasteiger partial charge in [0.25, 0.3) is 0 Å². The molecule has 3 rings (SSSR count). The summed E-state index contributed by atoms with van der Waals surface area (Å²) in [6.45, 7) is 9.29. The van der Waals surface area contributed by atoms with Crippen LogP contribution in [0.3, 0.4) is 0 Å². The number of aliphatic imine (C=N–C) groups is 1. The molecule has 0 spiro atoms. The maximum atomic E-state index is 12.0. The first-order valence-electron chi connectivity index (χ1n) is 10.2. The van der Waals surface area contributed by atoms with Crippen LogP contribution in [0.4, 0.5) is 0 Å². The molecule has 7 nitrogen and oxygen atoms in total. The molecule has 1 amide bonds. The van der Waals surface area contributed by atoms with Crippen LogP contribution in [0.25, 0.3) is 0 Å². The van der Waals surface area contributed by atoms with Gasteiger partial charge in [-0.3, -0.25) is 9.69 Å². The smallest absolute Gasteiger partial charge is 0.234 e. The minimum absolute atomic E-state index is 0.0941. The Labute approximate surface area is 176 Å². The van der Waals surface area contributed by atoms with Crippen molar-refractivity contribution in [2.75, 3.05) is 39.3 Å². The van der Waals surface area contributed by atoms with Crippen LogP contribution >= 0.6 is 11.3 Å². The summed E-state index contributed by atoms with van der Waals surface area (Å²) in [5.41, 5.74) is 0. The Bertz CT molecular complexity index is 750. The second-order valence-electron chi connectivity index (χ2n) is 7.46. The van der Waals surface area contributed by atoms with Crippen LogP contribution in [0.15, 0.2) is 45.3 Å². The van der Waals surface area contributed by atoms with Crippen molar-refractivity contribution in [3.8, 4) is 0 Å². The fraction of sp³-hybridized carbons (Fsp3) is 0.524. The summed E-state index contributed by atoms with van der Waals surface area (Å²) in [4.78, 5) is 22.6. The van der Waals surface area contributed by atoms with Gasteiger partial charge < -0.3 is 20.0 Å². The minimum Gasteiger partial charge on any atom is -0.469 e. The molecule has 1 fully saturated rings. The zero-order valence-corrected chi connectivity index (χ0v) is 18.1. The Morgan fingerprint density at radius 1 is 1.24 bits per heavy atom. The van der Waals surface area contributed by atoms with Crippen molar-refractivity contribution in [2.24, 2.45) is 4.99 Å². The molecule has 0 atom stereocenters. The molecule has 0 saturated carbocycles. The summed E-state index contributed by atoms with van der Waals surface area (Å²) < 4.78 is 5.42. The zero-order chi connectivity index (χ0) is 20.5. The molecule has 1 saturated heterocycles. The van der Waals surface area contributed by atoms with E-state index in [1.54, 1.807) is 17.6 Å². The lowest BCUT2D eigenvalue weighted by Gasteiger charge is -2.36. The number of nitrogens with zero attached hydrogens (tertiary/aromatic N) is 3. The van der Waals surface area contributed by atoms with Crippen molar-refractivity contribution >= 4 is 23.2 Å². The van der Waals surface area contributed by atoms with Crippen LogP contribution < -0.4 is 10.6 Å². The third-order valence-corrected chi connectivity index (χ3v) is 5.55. The Hall–Kier alpha value is -2.32. The summed E-state index contributed by atoms with van der Waals surface area (Å²) in [6.07, 6.45) is 2.52. The number of hydrogen-bond donors (Lipinski definition) is 2. The normalized spacial score (nSPS) is 15.7. The molecule has 0 unspecified atom stereocenters. The molecule has 0 aromatic carbocycles. The van der Waals surface area contributed by atoms with Gasteiger partial charge in [-0.05, 0) is 37.4 Å². The highest BCUT2D eigenvalue weighted by atomic mass is 32.1. The van der Waals surface area contributed by atoms with E-state index in [1.807, 2.05) is 26.0 Å². The molecule has 0 aliphatic carbocycles. The fourth-order valence-electron chi connectivity index (χ4n) is 3.26. The van der Waals surface area contributed by atoms with Gasteiger partial charge in [0.05, 0.1) is 19.4 Å². The van der Waals surface area contributed by atoms with E-state index in [1.165, 1.54) is 4.88 Å². The van der Waals surface area contributed by atoms with Gasteiger partial charge >= 0.3 is 0 Å². The Kier molecular flexibility index (Phi) is 8.13. The van der Waals surface area contributed by atoms with E-state index >= 15 is 0 Å². The first-order chi connectivity index (χ1) is 14.1. The molecule has 29 heavy (non-hydrogen) atoms. The largest absolute Gasteiger partial charge is 0.469 e. The number of furan rings is 1. The van der Waals surface area contributed by atoms with Gasteiger partial charge in [0, 0.05) is 50.1 Å². The summed E-state index contributed by atoms with van der Waals surface area (Å²) >= 11 is 1.72. The summed E-state index contributed by atoms with van der Waals surface area (Å²) in [5.74, 6) is 1.99. The molecule has 2 aromatic heterocycles. The third kappa shape index (κ3) is 7.21. The van der Waals surface area contributed by atoms with E-state index in [-0.39, 0.29) is 11.9 Å². The Morgan fingerprint density at radius 3 is 2.72 bits per heavy atom. The van der Waals surface area contributed by atoms with Crippen molar-refractivity contribution in [2.45, 2.75) is 32.9 Å². The van der Waals surface area contributed by atoms with Crippen molar-refractivity contribution in [3.63, 3.8) is 0 Å². The average molecular weight is 418 g/mol. The summed E-state index contributed by atoms with van der Waals surface area (Å²) in [5, 5.41) is 8.54. The van der Waals surface area contributed by atoms with E-state index in [0.717, 1.165) is 50.9 Å². The van der Waals surface area contributed by atoms with Gasteiger partial charge in [0.15, 0.2) is 5.96 Å². The average Bonchev–Trinajstić information content (AvgIpc) is 3.38. The number of piperazine rings is 1. The molecule has 2 aromatic rings. The zero-order valence-electron chi connectivity index (χ0n) is 17.3. The topological polar surface area (TPSA) is 73.1 Å². The third-order valence-electron chi connectivity index (χ3n) is 4.69. The van der Waals surface area contributed by atoms with Crippen molar-refractivity contribution in [1.29, 1.82) is 0 Å². The lowest BCUT2D eigenvalue weighted by molar-refractivity contribution is -0.123. The van der Waals surface area contributed by atoms with Gasteiger partial charge in [-0.1, -0.05) is 6.07 Å². The molecular weight excluding hydrogens is 386 g/mol. The van der Waals surface area contributed by atoms with Crippen LogP contribution in [-0.2, 0) is 17.8 Å². The van der Waals surface area contributed by atoms with Gasteiger partial charge in [0.2, 0.25) is 5.91 Å². The number of amides is 1. The standard InChI is InChI=1S/C21H31N5O2S/c1-17(2)24-20(27)16-25-9-11-26(12-10-25)21(23-15-19-6-4-14-29-19)22-8-7-18-5-3-13-28-18/h3-6,13-14,17H,7-12,15-16H2,1-2H3,(H,22,23)(H,24,27). The van der Waals surface area contributed by atoms with Crippen molar-refractivity contribution in [1.82, 2.24) is 20.4 Å². The van der Waals surface area contributed by atoms with E-state index in [9.17, 15) is 4.79 Å². The monoisotopic (exact) mass is 417 g/mol. The molecule has 1 aliphatic heterocycles. The highest BCUT2D eigenvalue weighted by molar-refractivity contribution is 7.09. The second-order valence-corrected chi connectivity index (χ2v) is 8.49. The highest BCUT2D eigenvalue weighted by Crippen LogP contribution is 2.11. The molecule has 3 heterocycles. The molecule has 8 heteroatoms. The SMILES string of the molecule is CC(C)NC(=O)CN1CCN(C(=NCc2cccs2)NCCc2ccco2)CC1. The first-order valence-corrected chi connectivity index (χ1v) is 11.1. The van der Waals surface area contributed by atoms with Crippen LogP contribution in [0, 0.1) is 0 Å². The number of carbonyl (C=O) groups excluding carboxylic acids is 1. The van der Waals surface area contributed by atoms with Gasteiger partial charge in [-0.15, -0.1) is 11.3 Å². The number of guanidine groups is 1. The Morgan fingerprint density at radius 2 is 2.07 bits per heavy atom. The van der Waals surface area contributed by atoms with E-state index in [0.29, 0.717) is 13.1 Å². The molecule has 0 bridgehead atoms.